The summed E-state index contributed by atoms with van der Waals surface area (Å²) < 4.78 is 19.6. The van der Waals surface area contributed by atoms with Crippen LogP contribution in [0, 0.1) is 11.7 Å². The van der Waals surface area contributed by atoms with Crippen molar-refractivity contribution in [1.82, 2.24) is 14.9 Å². The Morgan fingerprint density at radius 2 is 1.97 bits per heavy atom. The molecule has 0 unspecified atom stereocenters. The summed E-state index contributed by atoms with van der Waals surface area (Å²) >= 11 is 0. The quantitative estimate of drug-likeness (QED) is 0.395. The Morgan fingerprint density at radius 1 is 1.16 bits per heavy atom. The van der Waals surface area contributed by atoms with Crippen molar-refractivity contribution < 1.29 is 13.9 Å². The third kappa shape index (κ3) is 4.41. The zero-order valence-electron chi connectivity index (χ0n) is 21.5. The van der Waals surface area contributed by atoms with Crippen LogP contribution in [0.3, 0.4) is 0 Å². The molecule has 0 saturated carbocycles. The number of para-hydroxylation sites is 1. The van der Waals surface area contributed by atoms with Crippen molar-refractivity contribution in [2.24, 2.45) is 5.92 Å². The topological polar surface area (TPSA) is 61.5 Å². The van der Waals surface area contributed by atoms with Crippen LogP contribution in [0.25, 0.3) is 21.8 Å². The maximum absolute atomic E-state index is 14.5. The number of hydrogen-bond donors (Lipinski definition) is 1. The monoisotopic (exact) mass is 500 g/mol. The highest BCUT2D eigenvalue weighted by molar-refractivity contribution is 6.11. The Hall–Kier alpha value is -3.61. The molecule has 1 amide bonds. The van der Waals surface area contributed by atoms with Gasteiger partial charge in [0.25, 0.3) is 0 Å². The van der Waals surface area contributed by atoms with Gasteiger partial charge in [0.1, 0.15) is 5.82 Å². The van der Waals surface area contributed by atoms with Gasteiger partial charge in [-0.15, -0.1) is 0 Å². The molecule has 37 heavy (non-hydrogen) atoms. The molecular formula is C30H33FN4O2. The highest BCUT2D eigenvalue weighted by Crippen LogP contribution is 2.39. The number of nitrogens with zero attached hydrogens (tertiary/aromatic N) is 3. The number of fused-ring (bicyclic) bond motifs is 5. The summed E-state index contributed by atoms with van der Waals surface area (Å²) in [5.41, 5.74) is 5.26. The Bertz CT molecular complexity index is 1470. The first-order valence-corrected chi connectivity index (χ1v) is 13.3. The first-order valence-electron chi connectivity index (χ1n) is 13.3. The zero-order valence-corrected chi connectivity index (χ0v) is 21.5. The van der Waals surface area contributed by atoms with E-state index < -0.39 is 0 Å². The number of likely N-dealkylation sites (tertiary alicyclic amines) is 1. The third-order valence-corrected chi connectivity index (χ3v) is 8.09. The number of carbonyl (C=O) groups is 1. The fourth-order valence-corrected chi connectivity index (χ4v) is 6.15. The van der Waals surface area contributed by atoms with Crippen molar-refractivity contribution >= 4 is 33.5 Å². The third-order valence-electron chi connectivity index (χ3n) is 8.09. The number of rotatable bonds is 5. The lowest BCUT2D eigenvalue weighted by atomic mass is 9.93. The molecule has 6 rings (SSSR count). The first kappa shape index (κ1) is 23.8. The molecule has 2 aromatic heterocycles. The van der Waals surface area contributed by atoms with E-state index in [2.05, 4.69) is 34.1 Å². The van der Waals surface area contributed by atoms with Gasteiger partial charge in [0.15, 0.2) is 11.6 Å². The van der Waals surface area contributed by atoms with Crippen molar-refractivity contribution in [3.8, 4) is 5.75 Å². The van der Waals surface area contributed by atoms with Crippen LogP contribution in [0.2, 0.25) is 0 Å². The molecule has 2 aromatic carbocycles. The van der Waals surface area contributed by atoms with Crippen LogP contribution in [-0.4, -0.2) is 54.1 Å². The summed E-state index contributed by atoms with van der Waals surface area (Å²) in [6.45, 7) is 5.27. The van der Waals surface area contributed by atoms with Crippen molar-refractivity contribution in [3.05, 3.63) is 65.1 Å². The number of nitrogens with one attached hydrogen (secondary N) is 1. The SMILES string of the molecule is COc1ccc(Cc2nc3c(c4c2[nH]c2ccccc24)CCCN3CC2CCN(C(C)=O)CC2)cc1F. The number of carbonyl (C=O) groups excluding carboxylic acids is 1. The Morgan fingerprint density at radius 3 is 2.73 bits per heavy atom. The second-order valence-electron chi connectivity index (χ2n) is 10.4. The first-order chi connectivity index (χ1) is 18.0. The van der Waals surface area contributed by atoms with Crippen LogP contribution in [-0.2, 0) is 17.6 Å². The van der Waals surface area contributed by atoms with Gasteiger partial charge in [-0.3, -0.25) is 4.79 Å². The minimum Gasteiger partial charge on any atom is -0.494 e. The predicted octanol–water partition coefficient (Wildman–Crippen LogP) is 5.47. The second kappa shape index (κ2) is 9.69. The van der Waals surface area contributed by atoms with Crippen LogP contribution in [0.4, 0.5) is 10.2 Å². The molecule has 0 aliphatic carbocycles. The van der Waals surface area contributed by atoms with Crippen LogP contribution in [0.1, 0.15) is 43.0 Å². The Balaban J connectivity index is 1.40. The van der Waals surface area contributed by atoms with Gasteiger partial charge in [-0.25, -0.2) is 9.37 Å². The molecule has 1 saturated heterocycles. The number of aryl methyl sites for hydroxylation is 1. The smallest absolute Gasteiger partial charge is 0.219 e. The number of H-pyrrole nitrogens is 1. The molecule has 2 aliphatic heterocycles. The molecule has 2 aliphatic rings. The van der Waals surface area contributed by atoms with Crippen LogP contribution < -0.4 is 9.64 Å². The van der Waals surface area contributed by atoms with Gasteiger partial charge in [0.2, 0.25) is 5.91 Å². The molecule has 1 N–H and O–H groups in total. The van der Waals surface area contributed by atoms with Crippen molar-refractivity contribution in [2.45, 2.75) is 39.0 Å². The summed E-state index contributed by atoms with van der Waals surface area (Å²) in [6.07, 6.45) is 4.68. The molecule has 0 spiro atoms. The van der Waals surface area contributed by atoms with E-state index in [1.165, 1.54) is 23.4 Å². The van der Waals surface area contributed by atoms with Crippen molar-refractivity contribution in [3.63, 3.8) is 0 Å². The van der Waals surface area contributed by atoms with Gasteiger partial charge in [0.05, 0.1) is 18.3 Å². The van der Waals surface area contributed by atoms with Gasteiger partial charge in [0, 0.05) is 61.4 Å². The molecule has 192 valence electrons. The molecule has 6 nitrogen and oxygen atoms in total. The second-order valence-corrected chi connectivity index (χ2v) is 10.4. The van der Waals surface area contributed by atoms with Gasteiger partial charge >= 0.3 is 0 Å². The lowest BCUT2D eigenvalue weighted by Crippen LogP contribution is -2.42. The summed E-state index contributed by atoms with van der Waals surface area (Å²) in [7, 11) is 1.48. The van der Waals surface area contributed by atoms with Crippen molar-refractivity contribution in [2.75, 3.05) is 38.2 Å². The number of piperidine rings is 1. The lowest BCUT2D eigenvalue weighted by molar-refractivity contribution is -0.130. The standard InChI is InChI=1S/C30H33FN4O2/c1-19(36)34-14-11-20(12-15-34)18-35-13-5-7-23-28-22-6-3-4-8-25(22)32-29(28)26(33-30(23)35)17-21-9-10-27(37-2)24(31)16-21/h3-4,6,8-10,16,20,32H,5,7,11-15,17-18H2,1-2H3. The number of benzene rings is 2. The van der Waals surface area contributed by atoms with E-state index in [0.717, 1.165) is 80.0 Å². The molecular weight excluding hydrogens is 467 g/mol. The fourth-order valence-electron chi connectivity index (χ4n) is 6.15. The number of hydrogen-bond acceptors (Lipinski definition) is 4. The molecule has 7 heteroatoms. The Labute approximate surface area is 216 Å². The summed E-state index contributed by atoms with van der Waals surface area (Å²) in [4.78, 5) is 25.1. The number of ether oxygens (including phenoxy) is 1. The summed E-state index contributed by atoms with van der Waals surface area (Å²) in [6, 6.07) is 13.6. The van der Waals surface area contributed by atoms with Crippen LogP contribution >= 0.6 is 0 Å². The van der Waals surface area contributed by atoms with E-state index in [1.807, 2.05) is 11.0 Å². The highest BCUT2D eigenvalue weighted by atomic mass is 19.1. The van der Waals surface area contributed by atoms with E-state index >= 15 is 0 Å². The van der Waals surface area contributed by atoms with Gasteiger partial charge in [-0.1, -0.05) is 24.3 Å². The van der Waals surface area contributed by atoms with Gasteiger partial charge in [-0.2, -0.15) is 0 Å². The number of halogens is 1. The number of aromatic nitrogens is 2. The molecule has 0 atom stereocenters. The number of aromatic amines is 1. The lowest BCUT2D eigenvalue weighted by Gasteiger charge is -2.37. The summed E-state index contributed by atoms with van der Waals surface area (Å²) in [5.74, 6) is 1.68. The number of anilines is 1. The van der Waals surface area contributed by atoms with Crippen molar-refractivity contribution in [1.29, 1.82) is 0 Å². The minimum atomic E-state index is -0.357. The molecule has 0 bridgehead atoms. The zero-order chi connectivity index (χ0) is 25.5. The maximum Gasteiger partial charge on any atom is 0.219 e. The van der Waals surface area contributed by atoms with Gasteiger partial charge in [-0.05, 0) is 55.4 Å². The van der Waals surface area contributed by atoms with Gasteiger partial charge < -0.3 is 19.5 Å². The van der Waals surface area contributed by atoms with E-state index in [-0.39, 0.29) is 17.5 Å². The number of pyridine rings is 1. The maximum atomic E-state index is 14.5. The molecule has 4 heterocycles. The highest BCUT2D eigenvalue weighted by Gasteiger charge is 2.28. The van der Waals surface area contributed by atoms with Crippen LogP contribution in [0.15, 0.2) is 42.5 Å². The normalized spacial score (nSPS) is 16.4. The average molecular weight is 501 g/mol. The summed E-state index contributed by atoms with van der Waals surface area (Å²) in [5, 5.41) is 2.47. The largest absolute Gasteiger partial charge is 0.494 e. The van der Waals surface area contributed by atoms with E-state index in [0.29, 0.717) is 12.3 Å². The molecule has 0 radical (unpaired) electrons. The van der Waals surface area contributed by atoms with E-state index in [1.54, 1.807) is 19.1 Å². The number of methoxy groups -OCH3 is 1. The number of amides is 1. The van der Waals surface area contributed by atoms with Crippen LogP contribution in [0.5, 0.6) is 5.75 Å². The Kier molecular flexibility index (Phi) is 6.22. The van der Waals surface area contributed by atoms with E-state index in [9.17, 15) is 9.18 Å². The molecule has 1 fully saturated rings. The average Bonchev–Trinajstić information content (AvgIpc) is 3.30. The van der Waals surface area contributed by atoms with E-state index in [4.69, 9.17) is 9.72 Å². The minimum absolute atomic E-state index is 0.171. The predicted molar refractivity (Wildman–Crippen MR) is 145 cm³/mol. The molecule has 4 aromatic rings. The fraction of sp³-hybridized carbons (Fsp3) is 0.400.